The van der Waals surface area contributed by atoms with Crippen molar-refractivity contribution in [1.29, 1.82) is 0 Å². The van der Waals surface area contributed by atoms with E-state index in [0.29, 0.717) is 11.8 Å². The number of anilines is 1. The number of rotatable bonds is 6. The SMILES string of the molecule is COc1ccc2nc(-c3ccc(NS(=O)(=O)Cc4cc(F)cc(F)c4)cc3)sc2c1. The number of aromatic nitrogens is 1. The fraction of sp³-hybridized carbons (Fsp3) is 0.0952. The second-order valence-electron chi connectivity index (χ2n) is 6.57. The number of sulfonamides is 1. The molecule has 0 aliphatic rings. The van der Waals surface area contributed by atoms with E-state index in [0.717, 1.165) is 38.7 Å². The third-order valence-electron chi connectivity index (χ3n) is 4.28. The maximum atomic E-state index is 13.3. The molecule has 1 N–H and O–H groups in total. The molecule has 3 aromatic carbocycles. The maximum absolute atomic E-state index is 13.3. The number of hydrogen-bond donors (Lipinski definition) is 1. The molecule has 1 heterocycles. The molecule has 0 aliphatic heterocycles. The summed E-state index contributed by atoms with van der Waals surface area (Å²) in [4.78, 5) is 4.59. The second-order valence-corrected chi connectivity index (χ2v) is 9.32. The van der Waals surface area contributed by atoms with Gasteiger partial charge < -0.3 is 4.74 Å². The first-order valence-electron chi connectivity index (χ1n) is 8.82. The Bertz CT molecular complexity index is 1300. The zero-order valence-corrected chi connectivity index (χ0v) is 17.4. The number of nitrogens with zero attached hydrogens (tertiary/aromatic N) is 1. The van der Waals surface area contributed by atoms with E-state index in [9.17, 15) is 17.2 Å². The quantitative estimate of drug-likeness (QED) is 0.443. The van der Waals surface area contributed by atoms with E-state index in [-0.39, 0.29) is 5.56 Å². The molecule has 0 saturated heterocycles. The van der Waals surface area contributed by atoms with Crippen molar-refractivity contribution in [2.24, 2.45) is 0 Å². The molecule has 0 spiro atoms. The van der Waals surface area contributed by atoms with Crippen LogP contribution in [0, 0.1) is 11.6 Å². The monoisotopic (exact) mass is 446 g/mol. The van der Waals surface area contributed by atoms with Crippen LogP contribution >= 0.6 is 11.3 Å². The maximum Gasteiger partial charge on any atom is 0.236 e. The van der Waals surface area contributed by atoms with E-state index >= 15 is 0 Å². The lowest BCUT2D eigenvalue weighted by Crippen LogP contribution is -2.15. The zero-order chi connectivity index (χ0) is 21.3. The number of ether oxygens (including phenoxy) is 1. The number of nitrogens with one attached hydrogen (secondary N) is 1. The molecule has 5 nitrogen and oxygen atoms in total. The Morgan fingerprint density at radius 3 is 2.37 bits per heavy atom. The Morgan fingerprint density at radius 1 is 1.00 bits per heavy atom. The van der Waals surface area contributed by atoms with E-state index < -0.39 is 27.4 Å². The summed E-state index contributed by atoms with van der Waals surface area (Å²) in [5.74, 6) is -1.43. The van der Waals surface area contributed by atoms with E-state index in [1.807, 2.05) is 18.2 Å². The highest BCUT2D eigenvalue weighted by molar-refractivity contribution is 7.91. The fourth-order valence-electron chi connectivity index (χ4n) is 2.97. The van der Waals surface area contributed by atoms with Crippen molar-refractivity contribution in [3.63, 3.8) is 0 Å². The van der Waals surface area contributed by atoms with Crippen LogP contribution in [0.3, 0.4) is 0 Å². The lowest BCUT2D eigenvalue weighted by Gasteiger charge is -2.09. The fourth-order valence-corrected chi connectivity index (χ4v) is 5.14. The molecule has 0 saturated carbocycles. The summed E-state index contributed by atoms with van der Waals surface area (Å²) in [7, 11) is -2.23. The highest BCUT2D eigenvalue weighted by Gasteiger charge is 2.14. The van der Waals surface area contributed by atoms with E-state index in [4.69, 9.17) is 4.74 Å². The van der Waals surface area contributed by atoms with Gasteiger partial charge in [-0.1, -0.05) is 0 Å². The van der Waals surface area contributed by atoms with Gasteiger partial charge in [-0.05, 0) is 60.2 Å². The van der Waals surface area contributed by atoms with Crippen molar-refractivity contribution in [2.45, 2.75) is 5.75 Å². The van der Waals surface area contributed by atoms with Gasteiger partial charge in [0.2, 0.25) is 10.0 Å². The van der Waals surface area contributed by atoms with Crippen LogP contribution < -0.4 is 9.46 Å². The van der Waals surface area contributed by atoms with Crippen molar-refractivity contribution in [1.82, 2.24) is 4.98 Å². The van der Waals surface area contributed by atoms with Crippen LogP contribution in [-0.4, -0.2) is 20.5 Å². The molecule has 0 aliphatic carbocycles. The first-order chi connectivity index (χ1) is 14.3. The first kappa shape index (κ1) is 20.2. The van der Waals surface area contributed by atoms with Gasteiger partial charge in [0.15, 0.2) is 0 Å². The topological polar surface area (TPSA) is 68.3 Å². The summed E-state index contributed by atoms with van der Waals surface area (Å²) >= 11 is 1.50. The molecule has 0 amide bonds. The summed E-state index contributed by atoms with van der Waals surface area (Å²) in [6, 6.07) is 15.1. The number of thiazole rings is 1. The Hall–Kier alpha value is -3.04. The summed E-state index contributed by atoms with van der Waals surface area (Å²) < 4.78 is 59.9. The van der Waals surface area contributed by atoms with E-state index in [1.165, 1.54) is 11.3 Å². The van der Waals surface area contributed by atoms with Gasteiger partial charge in [-0.2, -0.15) is 0 Å². The van der Waals surface area contributed by atoms with Crippen LogP contribution in [0.2, 0.25) is 0 Å². The molecule has 0 unspecified atom stereocenters. The molecule has 30 heavy (non-hydrogen) atoms. The molecular formula is C21H16F2N2O3S2. The average Bonchev–Trinajstić information content (AvgIpc) is 3.10. The van der Waals surface area contributed by atoms with Crippen LogP contribution in [-0.2, 0) is 15.8 Å². The van der Waals surface area contributed by atoms with Crippen molar-refractivity contribution >= 4 is 37.3 Å². The van der Waals surface area contributed by atoms with Gasteiger partial charge in [-0.3, -0.25) is 4.72 Å². The molecule has 4 rings (SSSR count). The van der Waals surface area contributed by atoms with Crippen molar-refractivity contribution in [2.75, 3.05) is 11.8 Å². The van der Waals surface area contributed by atoms with Crippen molar-refractivity contribution in [3.8, 4) is 16.3 Å². The van der Waals surface area contributed by atoms with Crippen molar-refractivity contribution < 1.29 is 21.9 Å². The smallest absolute Gasteiger partial charge is 0.236 e. The largest absolute Gasteiger partial charge is 0.497 e. The lowest BCUT2D eigenvalue weighted by atomic mass is 10.2. The van der Waals surface area contributed by atoms with Crippen LogP contribution in [0.15, 0.2) is 60.7 Å². The van der Waals surface area contributed by atoms with Gasteiger partial charge in [0.05, 0.1) is 23.1 Å². The Morgan fingerprint density at radius 2 is 1.70 bits per heavy atom. The highest BCUT2D eigenvalue weighted by atomic mass is 32.2. The standard InChI is InChI=1S/C21H16F2N2O3S2/c1-28-18-6-7-19-20(11-18)29-21(24-19)14-2-4-17(5-3-14)25-30(26,27)12-13-8-15(22)10-16(23)9-13/h2-11,25H,12H2,1H3. The van der Waals surface area contributed by atoms with E-state index in [1.54, 1.807) is 31.4 Å². The molecular weight excluding hydrogens is 430 g/mol. The molecule has 9 heteroatoms. The summed E-state index contributed by atoms with van der Waals surface area (Å²) in [5.41, 5.74) is 2.06. The van der Waals surface area contributed by atoms with Gasteiger partial charge in [-0.15, -0.1) is 11.3 Å². The van der Waals surface area contributed by atoms with Crippen molar-refractivity contribution in [3.05, 3.63) is 77.9 Å². The van der Waals surface area contributed by atoms with Gasteiger partial charge in [-0.25, -0.2) is 22.2 Å². The Kier molecular flexibility index (Phi) is 5.40. The Balaban J connectivity index is 1.51. The Labute approximate surface area is 176 Å². The van der Waals surface area contributed by atoms with Gasteiger partial charge in [0.25, 0.3) is 0 Å². The van der Waals surface area contributed by atoms with Crippen LogP contribution in [0.25, 0.3) is 20.8 Å². The van der Waals surface area contributed by atoms with Crippen LogP contribution in [0.1, 0.15) is 5.56 Å². The average molecular weight is 447 g/mol. The first-order valence-corrected chi connectivity index (χ1v) is 11.3. The van der Waals surface area contributed by atoms with Crippen LogP contribution in [0.5, 0.6) is 5.75 Å². The minimum absolute atomic E-state index is 0.0292. The zero-order valence-electron chi connectivity index (χ0n) is 15.7. The summed E-state index contributed by atoms with van der Waals surface area (Å²) in [6.45, 7) is 0. The molecule has 1 aromatic heterocycles. The van der Waals surface area contributed by atoms with E-state index in [2.05, 4.69) is 9.71 Å². The molecule has 0 fully saturated rings. The molecule has 154 valence electrons. The number of halogens is 2. The van der Waals surface area contributed by atoms with Gasteiger partial charge in [0, 0.05) is 17.3 Å². The number of hydrogen-bond acceptors (Lipinski definition) is 5. The predicted molar refractivity (Wildman–Crippen MR) is 114 cm³/mol. The number of methoxy groups -OCH3 is 1. The minimum Gasteiger partial charge on any atom is -0.497 e. The molecule has 4 aromatic rings. The highest BCUT2D eigenvalue weighted by Crippen LogP contribution is 2.32. The lowest BCUT2D eigenvalue weighted by molar-refractivity contribution is 0.415. The number of fused-ring (bicyclic) bond motifs is 1. The van der Waals surface area contributed by atoms with Gasteiger partial charge in [0.1, 0.15) is 22.4 Å². The van der Waals surface area contributed by atoms with Crippen LogP contribution in [0.4, 0.5) is 14.5 Å². The molecule has 0 radical (unpaired) electrons. The molecule has 0 atom stereocenters. The molecule has 0 bridgehead atoms. The second kappa shape index (κ2) is 8.00. The minimum atomic E-state index is -3.84. The number of benzene rings is 3. The third-order valence-corrected chi connectivity index (χ3v) is 6.61. The normalized spacial score (nSPS) is 11.6. The summed E-state index contributed by atoms with van der Waals surface area (Å²) in [6.07, 6.45) is 0. The third kappa shape index (κ3) is 4.58. The predicted octanol–water partition coefficient (Wildman–Crippen LogP) is 5.19. The summed E-state index contributed by atoms with van der Waals surface area (Å²) in [5, 5.41) is 0.794. The van der Waals surface area contributed by atoms with Gasteiger partial charge >= 0.3 is 0 Å².